The summed E-state index contributed by atoms with van der Waals surface area (Å²) in [6.07, 6.45) is 0.344. The van der Waals surface area contributed by atoms with Crippen molar-refractivity contribution in [1.82, 2.24) is 0 Å². The van der Waals surface area contributed by atoms with Crippen LogP contribution < -0.4 is 4.74 Å². The maximum Gasteiger partial charge on any atom is 0.131 e. The minimum absolute atomic E-state index is 0.217. The van der Waals surface area contributed by atoms with Crippen LogP contribution in [0.5, 0.6) is 5.75 Å². The molecule has 1 atom stereocenters. The quantitative estimate of drug-likeness (QED) is 0.470. The second-order valence-corrected chi connectivity index (χ2v) is 4.67. The minimum Gasteiger partial charge on any atom is -0.489 e. The molecule has 0 aromatic heterocycles. The first kappa shape index (κ1) is 12.5. The predicted octanol–water partition coefficient (Wildman–Crippen LogP) is 4.11. The fourth-order valence-electron chi connectivity index (χ4n) is 2.46. The van der Waals surface area contributed by atoms with E-state index < -0.39 is 0 Å². The van der Waals surface area contributed by atoms with E-state index in [1.54, 1.807) is 0 Å². The molecule has 20 heavy (non-hydrogen) atoms. The molecule has 0 N–H and O–H groups in total. The number of hydrogen-bond acceptors (Lipinski definition) is 2. The van der Waals surface area contributed by atoms with Crippen molar-refractivity contribution in [3.63, 3.8) is 0 Å². The molecule has 0 saturated carbocycles. The zero-order chi connectivity index (χ0) is 13.9. The Bertz CT molecular complexity index is 681. The lowest BCUT2D eigenvalue weighted by molar-refractivity contribution is 0.242. The summed E-state index contributed by atoms with van der Waals surface area (Å²) in [5.41, 5.74) is 10.8. The molecule has 0 aliphatic carbocycles. The maximum atomic E-state index is 13.7. The predicted molar refractivity (Wildman–Crippen MR) is 74.0 cm³/mol. The molecule has 1 unspecified atom stereocenters. The van der Waals surface area contributed by atoms with Gasteiger partial charge < -0.3 is 4.74 Å². The van der Waals surface area contributed by atoms with E-state index in [2.05, 4.69) is 10.0 Å². The van der Waals surface area contributed by atoms with Gasteiger partial charge in [-0.15, -0.1) is 0 Å². The summed E-state index contributed by atoms with van der Waals surface area (Å²) in [6, 6.07) is 12.5. The molecule has 2 aromatic carbocycles. The van der Waals surface area contributed by atoms with Crippen LogP contribution in [0.15, 0.2) is 47.6 Å². The average molecular weight is 269 g/mol. The largest absolute Gasteiger partial charge is 0.489 e. The van der Waals surface area contributed by atoms with E-state index in [9.17, 15) is 4.39 Å². The third-order valence-corrected chi connectivity index (χ3v) is 3.30. The van der Waals surface area contributed by atoms with Crippen molar-refractivity contribution in [3.8, 4) is 16.9 Å². The van der Waals surface area contributed by atoms with Crippen molar-refractivity contribution in [2.24, 2.45) is 5.11 Å². The number of halogens is 1. The first-order valence-corrected chi connectivity index (χ1v) is 6.33. The molecular weight excluding hydrogens is 257 g/mol. The van der Waals surface area contributed by atoms with Gasteiger partial charge in [0.05, 0.1) is 6.54 Å². The monoisotopic (exact) mass is 269 g/mol. The minimum atomic E-state index is -0.282. The zero-order valence-corrected chi connectivity index (χ0v) is 10.7. The number of benzene rings is 2. The molecule has 3 rings (SSSR count). The molecule has 1 heterocycles. The molecule has 0 radical (unpaired) electrons. The van der Waals surface area contributed by atoms with Gasteiger partial charge in [0.2, 0.25) is 0 Å². The molecule has 1 aliphatic heterocycles. The van der Waals surface area contributed by atoms with Crippen LogP contribution in [-0.4, -0.2) is 12.6 Å². The van der Waals surface area contributed by atoms with Gasteiger partial charge in [0, 0.05) is 22.5 Å². The van der Waals surface area contributed by atoms with Crippen LogP contribution in [0.3, 0.4) is 0 Å². The van der Waals surface area contributed by atoms with Crippen LogP contribution in [0.4, 0.5) is 4.39 Å². The van der Waals surface area contributed by atoms with Gasteiger partial charge in [0.15, 0.2) is 0 Å². The molecule has 100 valence electrons. The summed E-state index contributed by atoms with van der Waals surface area (Å²) in [5, 5.41) is 3.52. The lowest BCUT2D eigenvalue weighted by Gasteiger charge is -2.11. The van der Waals surface area contributed by atoms with Gasteiger partial charge in [-0.1, -0.05) is 35.4 Å². The Morgan fingerprint density at radius 2 is 2.10 bits per heavy atom. The first-order valence-electron chi connectivity index (χ1n) is 6.33. The van der Waals surface area contributed by atoms with Crippen molar-refractivity contribution in [3.05, 3.63) is 64.3 Å². The van der Waals surface area contributed by atoms with Crippen LogP contribution in [0.25, 0.3) is 21.6 Å². The topological polar surface area (TPSA) is 58.0 Å². The van der Waals surface area contributed by atoms with Crippen LogP contribution in [-0.2, 0) is 6.42 Å². The van der Waals surface area contributed by atoms with Gasteiger partial charge in [-0.05, 0) is 23.2 Å². The fourth-order valence-corrected chi connectivity index (χ4v) is 2.46. The fraction of sp³-hybridized carbons (Fsp3) is 0.200. The molecule has 0 saturated heterocycles. The van der Waals surface area contributed by atoms with E-state index >= 15 is 0 Å². The smallest absolute Gasteiger partial charge is 0.131 e. The van der Waals surface area contributed by atoms with E-state index in [0.29, 0.717) is 12.2 Å². The Kier molecular flexibility index (Phi) is 3.27. The average Bonchev–Trinajstić information content (AvgIpc) is 2.87. The van der Waals surface area contributed by atoms with Crippen molar-refractivity contribution in [1.29, 1.82) is 0 Å². The highest BCUT2D eigenvalue weighted by Gasteiger charge is 2.26. The van der Waals surface area contributed by atoms with E-state index in [-0.39, 0.29) is 18.5 Å². The molecule has 4 nitrogen and oxygen atoms in total. The number of azide groups is 1. The molecule has 0 fully saturated rings. The third-order valence-electron chi connectivity index (χ3n) is 3.30. The van der Waals surface area contributed by atoms with E-state index in [0.717, 1.165) is 16.7 Å². The van der Waals surface area contributed by atoms with Crippen molar-refractivity contribution < 1.29 is 9.13 Å². The summed E-state index contributed by atoms with van der Waals surface area (Å²) >= 11 is 0. The first-order chi connectivity index (χ1) is 9.78. The standard InChI is InChI=1S/C15H12FN3O/c16-12-6-11-7-13(9-18-19-17)20-15(11)14(8-12)10-4-2-1-3-5-10/h1-6,8,13H,7,9H2. The van der Waals surface area contributed by atoms with Gasteiger partial charge in [-0.2, -0.15) is 0 Å². The lowest BCUT2D eigenvalue weighted by atomic mass is 10.0. The van der Waals surface area contributed by atoms with Gasteiger partial charge >= 0.3 is 0 Å². The van der Waals surface area contributed by atoms with E-state index in [4.69, 9.17) is 10.3 Å². The van der Waals surface area contributed by atoms with E-state index in [1.807, 2.05) is 30.3 Å². The Balaban J connectivity index is 2.01. The van der Waals surface area contributed by atoms with Gasteiger partial charge in [-0.3, -0.25) is 0 Å². The molecule has 0 amide bonds. The molecule has 5 heteroatoms. The van der Waals surface area contributed by atoms with E-state index in [1.165, 1.54) is 12.1 Å². The number of fused-ring (bicyclic) bond motifs is 1. The number of ether oxygens (including phenoxy) is 1. The highest BCUT2D eigenvalue weighted by atomic mass is 19.1. The van der Waals surface area contributed by atoms with Crippen LogP contribution in [0.1, 0.15) is 5.56 Å². The summed E-state index contributed by atoms with van der Waals surface area (Å²) in [7, 11) is 0. The number of hydrogen-bond donors (Lipinski definition) is 0. The third kappa shape index (κ3) is 2.31. The summed E-state index contributed by atoms with van der Waals surface area (Å²) < 4.78 is 19.6. The normalized spacial score (nSPS) is 16.1. The summed E-state index contributed by atoms with van der Waals surface area (Å²) in [4.78, 5) is 2.73. The van der Waals surface area contributed by atoms with Crippen molar-refractivity contribution >= 4 is 0 Å². The maximum absolute atomic E-state index is 13.7. The van der Waals surface area contributed by atoms with Crippen LogP contribution in [0.2, 0.25) is 0 Å². The van der Waals surface area contributed by atoms with Gasteiger partial charge in [0.1, 0.15) is 17.7 Å². The molecular formula is C15H12FN3O. The number of rotatable bonds is 3. The van der Waals surface area contributed by atoms with Gasteiger partial charge in [-0.25, -0.2) is 4.39 Å². The van der Waals surface area contributed by atoms with Crippen LogP contribution in [0, 0.1) is 5.82 Å². The molecule has 0 spiro atoms. The van der Waals surface area contributed by atoms with Crippen LogP contribution >= 0.6 is 0 Å². The zero-order valence-electron chi connectivity index (χ0n) is 10.7. The Morgan fingerprint density at radius 3 is 2.85 bits per heavy atom. The lowest BCUT2D eigenvalue weighted by Crippen LogP contribution is -2.16. The highest BCUT2D eigenvalue weighted by Crippen LogP contribution is 2.39. The SMILES string of the molecule is [N-]=[N+]=NCC1Cc2cc(F)cc(-c3ccccc3)c2O1. The van der Waals surface area contributed by atoms with Crippen molar-refractivity contribution in [2.75, 3.05) is 6.54 Å². The van der Waals surface area contributed by atoms with Gasteiger partial charge in [0.25, 0.3) is 0 Å². The van der Waals surface area contributed by atoms with Crippen molar-refractivity contribution in [2.45, 2.75) is 12.5 Å². The second-order valence-electron chi connectivity index (χ2n) is 4.67. The molecule has 0 bridgehead atoms. The second kappa shape index (κ2) is 5.23. The molecule has 1 aliphatic rings. The Hall–Kier alpha value is -2.52. The Morgan fingerprint density at radius 1 is 1.30 bits per heavy atom. The number of nitrogens with zero attached hydrogens (tertiary/aromatic N) is 3. The summed E-state index contributed by atoms with van der Waals surface area (Å²) in [6.45, 7) is 0.251. The Labute approximate surface area is 115 Å². The molecule has 2 aromatic rings. The highest BCUT2D eigenvalue weighted by molar-refractivity contribution is 5.73. The summed E-state index contributed by atoms with van der Waals surface area (Å²) in [5.74, 6) is 0.409.